The zero-order valence-corrected chi connectivity index (χ0v) is 10.4. The molecule has 0 bridgehead atoms. The standard InChI is InChI=1S/C13H19NO4/c1-2-7-18-10-5-3-9(4-6-10)13(17)11(14)8-12(15)16/h3-6,11,13,17H,2,7-8,14H2,1H3,(H,15,16). The van der Waals surface area contributed by atoms with Crippen molar-refractivity contribution in [3.05, 3.63) is 29.8 Å². The quantitative estimate of drug-likeness (QED) is 0.681. The second-order valence-electron chi connectivity index (χ2n) is 4.12. The van der Waals surface area contributed by atoms with Crippen LogP contribution in [-0.4, -0.2) is 28.8 Å². The van der Waals surface area contributed by atoms with E-state index in [2.05, 4.69) is 0 Å². The van der Waals surface area contributed by atoms with Gasteiger partial charge in [0.1, 0.15) is 5.75 Å². The molecule has 0 aromatic heterocycles. The number of aliphatic hydroxyl groups excluding tert-OH is 1. The molecule has 0 heterocycles. The van der Waals surface area contributed by atoms with Crippen LogP contribution >= 0.6 is 0 Å². The molecule has 1 aromatic carbocycles. The summed E-state index contributed by atoms with van der Waals surface area (Å²) in [5.74, 6) is -0.302. The van der Waals surface area contributed by atoms with E-state index in [-0.39, 0.29) is 6.42 Å². The lowest BCUT2D eigenvalue weighted by Gasteiger charge is -2.17. The van der Waals surface area contributed by atoms with E-state index in [0.717, 1.165) is 12.2 Å². The van der Waals surface area contributed by atoms with Crippen molar-refractivity contribution in [2.45, 2.75) is 31.9 Å². The van der Waals surface area contributed by atoms with E-state index in [9.17, 15) is 9.90 Å². The Balaban J connectivity index is 2.63. The SMILES string of the molecule is CCCOc1ccc(C(O)C(N)CC(=O)O)cc1. The van der Waals surface area contributed by atoms with E-state index in [1.165, 1.54) is 0 Å². The number of carboxylic acid groups (broad SMARTS) is 1. The first-order valence-electron chi connectivity index (χ1n) is 5.92. The fourth-order valence-corrected chi connectivity index (χ4v) is 1.54. The van der Waals surface area contributed by atoms with Crippen LogP contribution in [0.4, 0.5) is 0 Å². The third-order valence-corrected chi connectivity index (χ3v) is 2.51. The fourth-order valence-electron chi connectivity index (χ4n) is 1.54. The van der Waals surface area contributed by atoms with Gasteiger partial charge in [-0.2, -0.15) is 0 Å². The number of aliphatic hydroxyl groups is 1. The number of benzene rings is 1. The number of hydrogen-bond donors (Lipinski definition) is 3. The number of carbonyl (C=O) groups is 1. The Morgan fingerprint density at radius 1 is 1.39 bits per heavy atom. The normalized spacial score (nSPS) is 13.9. The molecule has 2 atom stereocenters. The third kappa shape index (κ3) is 4.35. The van der Waals surface area contributed by atoms with Crippen LogP contribution in [0.25, 0.3) is 0 Å². The van der Waals surface area contributed by atoms with Gasteiger partial charge in [-0.25, -0.2) is 0 Å². The van der Waals surface area contributed by atoms with Gasteiger partial charge in [0, 0.05) is 6.04 Å². The van der Waals surface area contributed by atoms with Crippen molar-refractivity contribution < 1.29 is 19.7 Å². The molecule has 0 aliphatic carbocycles. The highest BCUT2D eigenvalue weighted by Gasteiger charge is 2.19. The highest BCUT2D eigenvalue weighted by atomic mass is 16.5. The van der Waals surface area contributed by atoms with Crippen LogP contribution in [0.2, 0.25) is 0 Å². The molecule has 4 N–H and O–H groups in total. The Labute approximate surface area is 106 Å². The predicted octanol–water partition coefficient (Wildman–Crippen LogP) is 1.31. The number of rotatable bonds is 7. The lowest BCUT2D eigenvalue weighted by Crippen LogP contribution is -2.30. The minimum absolute atomic E-state index is 0.269. The van der Waals surface area contributed by atoms with Crippen LogP contribution in [0.3, 0.4) is 0 Å². The molecule has 0 aliphatic heterocycles. The summed E-state index contributed by atoms with van der Waals surface area (Å²) in [4.78, 5) is 10.5. The number of hydrogen-bond acceptors (Lipinski definition) is 4. The van der Waals surface area contributed by atoms with Crippen molar-refractivity contribution in [1.29, 1.82) is 0 Å². The molecule has 0 amide bonds. The smallest absolute Gasteiger partial charge is 0.305 e. The molecule has 5 heteroatoms. The second kappa shape index (κ2) is 6.98. The summed E-state index contributed by atoms with van der Waals surface area (Å²) in [5.41, 5.74) is 6.20. The Hall–Kier alpha value is -1.59. The molecule has 2 unspecified atom stereocenters. The summed E-state index contributed by atoms with van der Waals surface area (Å²) in [6.45, 7) is 2.66. The van der Waals surface area contributed by atoms with Gasteiger partial charge in [0.2, 0.25) is 0 Å². The lowest BCUT2D eigenvalue weighted by atomic mass is 10.0. The Bertz CT molecular complexity index is 377. The largest absolute Gasteiger partial charge is 0.494 e. The summed E-state index contributed by atoms with van der Waals surface area (Å²) >= 11 is 0. The van der Waals surface area contributed by atoms with E-state index in [1.807, 2.05) is 6.92 Å². The average Bonchev–Trinajstić information content (AvgIpc) is 2.35. The van der Waals surface area contributed by atoms with Crippen molar-refractivity contribution in [2.24, 2.45) is 5.73 Å². The molecular formula is C13H19NO4. The summed E-state index contributed by atoms with van der Waals surface area (Å²) < 4.78 is 5.41. The number of aliphatic carboxylic acids is 1. The predicted molar refractivity (Wildman–Crippen MR) is 67.4 cm³/mol. The van der Waals surface area contributed by atoms with Crippen LogP contribution in [0.15, 0.2) is 24.3 Å². The second-order valence-corrected chi connectivity index (χ2v) is 4.12. The summed E-state index contributed by atoms with van der Waals surface area (Å²) in [6, 6.07) is 6.04. The molecule has 0 saturated heterocycles. The fraction of sp³-hybridized carbons (Fsp3) is 0.462. The average molecular weight is 253 g/mol. The van der Waals surface area contributed by atoms with E-state index < -0.39 is 18.1 Å². The number of ether oxygens (including phenoxy) is 1. The minimum atomic E-state index is -1.02. The van der Waals surface area contributed by atoms with Crippen molar-refractivity contribution in [3.8, 4) is 5.75 Å². The zero-order chi connectivity index (χ0) is 13.5. The Morgan fingerprint density at radius 2 is 2.00 bits per heavy atom. The Kier molecular flexibility index (Phi) is 5.61. The highest BCUT2D eigenvalue weighted by molar-refractivity contribution is 5.67. The molecule has 0 spiro atoms. The van der Waals surface area contributed by atoms with Gasteiger partial charge in [0.25, 0.3) is 0 Å². The summed E-state index contributed by atoms with van der Waals surface area (Å²) in [7, 11) is 0. The molecule has 5 nitrogen and oxygen atoms in total. The summed E-state index contributed by atoms with van der Waals surface area (Å²) in [6.07, 6.45) is -0.329. The van der Waals surface area contributed by atoms with Crippen LogP contribution in [0.1, 0.15) is 31.4 Å². The maximum absolute atomic E-state index is 10.5. The molecular weight excluding hydrogens is 234 g/mol. The van der Waals surface area contributed by atoms with Crippen LogP contribution in [-0.2, 0) is 4.79 Å². The van der Waals surface area contributed by atoms with Gasteiger partial charge in [0.15, 0.2) is 0 Å². The molecule has 1 aromatic rings. The van der Waals surface area contributed by atoms with E-state index >= 15 is 0 Å². The maximum atomic E-state index is 10.5. The van der Waals surface area contributed by atoms with Gasteiger partial charge < -0.3 is 20.7 Å². The monoisotopic (exact) mass is 253 g/mol. The van der Waals surface area contributed by atoms with Gasteiger partial charge in [-0.15, -0.1) is 0 Å². The third-order valence-electron chi connectivity index (χ3n) is 2.51. The van der Waals surface area contributed by atoms with Crippen LogP contribution in [0.5, 0.6) is 5.75 Å². The molecule has 0 fully saturated rings. The highest BCUT2D eigenvalue weighted by Crippen LogP contribution is 2.21. The van der Waals surface area contributed by atoms with Gasteiger partial charge >= 0.3 is 5.97 Å². The van der Waals surface area contributed by atoms with Gasteiger partial charge in [-0.1, -0.05) is 19.1 Å². The first kappa shape index (κ1) is 14.5. The van der Waals surface area contributed by atoms with Gasteiger partial charge in [0.05, 0.1) is 19.1 Å². The molecule has 0 saturated carbocycles. The number of carboxylic acids is 1. The zero-order valence-electron chi connectivity index (χ0n) is 10.4. The molecule has 0 aliphatic rings. The van der Waals surface area contributed by atoms with Crippen LogP contribution < -0.4 is 10.5 Å². The van der Waals surface area contributed by atoms with Gasteiger partial charge in [-0.3, -0.25) is 4.79 Å². The van der Waals surface area contributed by atoms with E-state index in [1.54, 1.807) is 24.3 Å². The minimum Gasteiger partial charge on any atom is -0.494 e. The molecule has 1 rings (SSSR count). The van der Waals surface area contributed by atoms with E-state index in [4.69, 9.17) is 15.6 Å². The van der Waals surface area contributed by atoms with Crippen molar-refractivity contribution in [2.75, 3.05) is 6.61 Å². The molecule has 0 radical (unpaired) electrons. The van der Waals surface area contributed by atoms with E-state index in [0.29, 0.717) is 12.2 Å². The summed E-state index contributed by atoms with van der Waals surface area (Å²) in [5, 5.41) is 18.5. The van der Waals surface area contributed by atoms with Crippen molar-refractivity contribution in [3.63, 3.8) is 0 Å². The number of nitrogens with two attached hydrogens (primary N) is 1. The first-order chi connectivity index (χ1) is 8.54. The Morgan fingerprint density at radius 3 is 2.50 bits per heavy atom. The topological polar surface area (TPSA) is 92.8 Å². The molecule has 18 heavy (non-hydrogen) atoms. The molecule has 100 valence electrons. The van der Waals surface area contributed by atoms with Crippen LogP contribution in [0, 0.1) is 0 Å². The van der Waals surface area contributed by atoms with Gasteiger partial charge in [-0.05, 0) is 24.1 Å². The maximum Gasteiger partial charge on any atom is 0.305 e. The van der Waals surface area contributed by atoms with Crippen molar-refractivity contribution >= 4 is 5.97 Å². The first-order valence-corrected chi connectivity index (χ1v) is 5.92. The lowest BCUT2D eigenvalue weighted by molar-refractivity contribution is -0.138. The van der Waals surface area contributed by atoms with Crippen molar-refractivity contribution in [1.82, 2.24) is 0 Å².